The zero-order valence-corrected chi connectivity index (χ0v) is 9.23. The number of anilines is 1. The molecule has 0 atom stereocenters. The molecule has 88 valence electrons. The first-order valence-corrected chi connectivity index (χ1v) is 4.38. The third kappa shape index (κ3) is 1.81. The number of nitrogen functional groups attached to an aromatic ring is 1. The highest BCUT2D eigenvalue weighted by atomic mass is 16.5. The molecule has 0 amide bonds. The van der Waals surface area contributed by atoms with E-state index in [9.17, 15) is 4.79 Å². The average molecular weight is 227 g/mol. The molecule has 0 aliphatic rings. The quantitative estimate of drug-likeness (QED) is 0.745. The standard InChI is InChI=1S/C10H13NO5/c1-14-6-4-5(10(12)13)8(15-2)9(16-3)7(6)11/h4H,11H2,1-3H3,(H,12,13). The van der Waals surface area contributed by atoms with Crippen LogP contribution in [0.15, 0.2) is 6.07 Å². The zero-order chi connectivity index (χ0) is 12.3. The van der Waals surface area contributed by atoms with Crippen LogP contribution >= 0.6 is 0 Å². The largest absolute Gasteiger partial charge is 0.494 e. The Kier molecular flexibility index (Phi) is 3.44. The molecule has 0 fully saturated rings. The van der Waals surface area contributed by atoms with Gasteiger partial charge < -0.3 is 25.1 Å². The third-order valence-corrected chi connectivity index (χ3v) is 2.09. The van der Waals surface area contributed by atoms with Crippen LogP contribution in [-0.4, -0.2) is 32.4 Å². The minimum Gasteiger partial charge on any atom is -0.494 e. The second-order valence-electron chi connectivity index (χ2n) is 2.91. The van der Waals surface area contributed by atoms with Crippen LogP contribution < -0.4 is 19.9 Å². The SMILES string of the molecule is COc1cc(C(=O)O)c(OC)c(OC)c1N. The van der Waals surface area contributed by atoms with Crippen molar-refractivity contribution in [3.05, 3.63) is 11.6 Å². The molecule has 3 N–H and O–H groups in total. The van der Waals surface area contributed by atoms with Crippen LogP contribution in [-0.2, 0) is 0 Å². The van der Waals surface area contributed by atoms with Gasteiger partial charge >= 0.3 is 5.97 Å². The van der Waals surface area contributed by atoms with E-state index in [-0.39, 0.29) is 28.5 Å². The summed E-state index contributed by atoms with van der Waals surface area (Å²) in [5.41, 5.74) is 5.86. The molecule has 0 saturated heterocycles. The maximum Gasteiger partial charge on any atom is 0.339 e. The summed E-state index contributed by atoms with van der Waals surface area (Å²) in [5, 5.41) is 9.00. The average Bonchev–Trinajstić information content (AvgIpc) is 2.27. The number of benzene rings is 1. The van der Waals surface area contributed by atoms with E-state index in [4.69, 9.17) is 25.1 Å². The van der Waals surface area contributed by atoms with Gasteiger partial charge in [0.05, 0.1) is 21.3 Å². The summed E-state index contributed by atoms with van der Waals surface area (Å²) in [6, 6.07) is 1.29. The van der Waals surface area contributed by atoms with Crippen LogP contribution in [0.5, 0.6) is 17.2 Å². The third-order valence-electron chi connectivity index (χ3n) is 2.09. The monoisotopic (exact) mass is 227 g/mol. The molecule has 0 aliphatic heterocycles. The van der Waals surface area contributed by atoms with Crippen molar-refractivity contribution in [3.8, 4) is 17.2 Å². The molecule has 0 radical (unpaired) electrons. The van der Waals surface area contributed by atoms with Gasteiger partial charge in [-0.1, -0.05) is 0 Å². The van der Waals surface area contributed by atoms with Crippen molar-refractivity contribution in [2.24, 2.45) is 0 Å². The zero-order valence-electron chi connectivity index (χ0n) is 9.23. The molecule has 6 nitrogen and oxygen atoms in total. The molecule has 0 saturated carbocycles. The lowest BCUT2D eigenvalue weighted by Gasteiger charge is -2.15. The number of ether oxygens (including phenoxy) is 3. The molecular weight excluding hydrogens is 214 g/mol. The number of carbonyl (C=O) groups is 1. The Morgan fingerprint density at radius 1 is 1.19 bits per heavy atom. The Balaban J connectivity index is 3.56. The molecule has 0 unspecified atom stereocenters. The lowest BCUT2D eigenvalue weighted by atomic mass is 10.1. The van der Waals surface area contributed by atoms with E-state index in [2.05, 4.69) is 0 Å². The van der Waals surface area contributed by atoms with Gasteiger partial charge in [0.15, 0.2) is 11.5 Å². The second-order valence-corrected chi connectivity index (χ2v) is 2.91. The molecule has 0 aromatic heterocycles. The predicted octanol–water partition coefficient (Wildman–Crippen LogP) is 0.993. The van der Waals surface area contributed by atoms with Crippen molar-refractivity contribution < 1.29 is 24.1 Å². The topological polar surface area (TPSA) is 91.0 Å². The van der Waals surface area contributed by atoms with E-state index in [1.807, 2.05) is 0 Å². The van der Waals surface area contributed by atoms with Gasteiger partial charge in [0.1, 0.15) is 17.0 Å². The first-order chi connectivity index (χ1) is 7.56. The summed E-state index contributed by atoms with van der Waals surface area (Å²) >= 11 is 0. The Labute approximate surface area is 92.5 Å². The predicted molar refractivity (Wildman–Crippen MR) is 57.5 cm³/mol. The maximum absolute atomic E-state index is 11.0. The molecule has 0 bridgehead atoms. The van der Waals surface area contributed by atoms with Crippen LogP contribution in [0.25, 0.3) is 0 Å². The Morgan fingerprint density at radius 3 is 2.12 bits per heavy atom. The highest BCUT2D eigenvalue weighted by Crippen LogP contribution is 2.42. The molecule has 6 heteroatoms. The van der Waals surface area contributed by atoms with Gasteiger partial charge in [-0.05, 0) is 0 Å². The molecule has 1 aromatic rings. The normalized spacial score (nSPS) is 9.69. The van der Waals surface area contributed by atoms with Crippen LogP contribution in [0.4, 0.5) is 5.69 Å². The highest BCUT2D eigenvalue weighted by molar-refractivity contribution is 5.95. The molecule has 0 heterocycles. The number of hydrogen-bond acceptors (Lipinski definition) is 5. The summed E-state index contributed by atoms with van der Waals surface area (Å²) < 4.78 is 14.9. The van der Waals surface area contributed by atoms with Crippen molar-refractivity contribution in [3.63, 3.8) is 0 Å². The number of methoxy groups -OCH3 is 3. The molecule has 0 spiro atoms. The van der Waals surface area contributed by atoms with E-state index >= 15 is 0 Å². The van der Waals surface area contributed by atoms with Gasteiger partial charge in [0.25, 0.3) is 0 Å². The first-order valence-electron chi connectivity index (χ1n) is 4.38. The lowest BCUT2D eigenvalue weighted by molar-refractivity contribution is 0.0692. The number of carboxylic acids is 1. The van der Waals surface area contributed by atoms with Crippen molar-refractivity contribution in [2.45, 2.75) is 0 Å². The van der Waals surface area contributed by atoms with Gasteiger partial charge in [-0.15, -0.1) is 0 Å². The minimum atomic E-state index is -1.14. The van der Waals surface area contributed by atoms with Gasteiger partial charge in [-0.25, -0.2) is 4.79 Å². The van der Waals surface area contributed by atoms with E-state index in [1.54, 1.807) is 0 Å². The number of aromatic carboxylic acids is 1. The number of rotatable bonds is 4. The van der Waals surface area contributed by atoms with Crippen LogP contribution in [0, 0.1) is 0 Å². The second kappa shape index (κ2) is 4.61. The van der Waals surface area contributed by atoms with Gasteiger partial charge in [-0.2, -0.15) is 0 Å². The first kappa shape index (κ1) is 12.0. The summed E-state index contributed by atoms with van der Waals surface area (Å²) in [6.07, 6.45) is 0. The van der Waals surface area contributed by atoms with Crippen molar-refractivity contribution in [2.75, 3.05) is 27.1 Å². The molecule has 1 aromatic carbocycles. The van der Waals surface area contributed by atoms with Gasteiger partial charge in [0.2, 0.25) is 0 Å². The van der Waals surface area contributed by atoms with Crippen molar-refractivity contribution in [1.29, 1.82) is 0 Å². The summed E-state index contributed by atoms with van der Waals surface area (Å²) in [4.78, 5) is 11.0. The van der Waals surface area contributed by atoms with Crippen molar-refractivity contribution >= 4 is 11.7 Å². The smallest absolute Gasteiger partial charge is 0.339 e. The maximum atomic E-state index is 11.0. The highest BCUT2D eigenvalue weighted by Gasteiger charge is 2.22. The minimum absolute atomic E-state index is 0.0644. The number of carboxylic acid groups (broad SMARTS) is 1. The molecule has 0 aliphatic carbocycles. The molecule has 16 heavy (non-hydrogen) atoms. The number of nitrogens with two attached hydrogens (primary N) is 1. The van der Waals surface area contributed by atoms with E-state index < -0.39 is 5.97 Å². The van der Waals surface area contributed by atoms with Crippen LogP contribution in [0.3, 0.4) is 0 Å². The fraction of sp³-hybridized carbons (Fsp3) is 0.300. The summed E-state index contributed by atoms with van der Waals surface area (Å²) in [6.45, 7) is 0. The number of hydrogen-bond donors (Lipinski definition) is 2. The van der Waals surface area contributed by atoms with Gasteiger partial charge in [0, 0.05) is 6.07 Å². The fourth-order valence-corrected chi connectivity index (χ4v) is 1.36. The fourth-order valence-electron chi connectivity index (χ4n) is 1.36. The van der Waals surface area contributed by atoms with E-state index in [1.165, 1.54) is 27.4 Å². The van der Waals surface area contributed by atoms with E-state index in [0.29, 0.717) is 0 Å². The Hall–Kier alpha value is -2.11. The van der Waals surface area contributed by atoms with Crippen molar-refractivity contribution in [1.82, 2.24) is 0 Å². The Bertz CT molecular complexity index is 416. The summed E-state index contributed by atoms with van der Waals surface area (Å²) in [5.74, 6) is -0.684. The molecule has 1 rings (SSSR count). The van der Waals surface area contributed by atoms with Crippen LogP contribution in [0.2, 0.25) is 0 Å². The Morgan fingerprint density at radius 2 is 1.75 bits per heavy atom. The van der Waals surface area contributed by atoms with Gasteiger partial charge in [-0.3, -0.25) is 0 Å². The van der Waals surface area contributed by atoms with Crippen LogP contribution in [0.1, 0.15) is 10.4 Å². The molecular formula is C10H13NO5. The summed E-state index contributed by atoms with van der Waals surface area (Å²) in [7, 11) is 4.11. The lowest BCUT2D eigenvalue weighted by Crippen LogP contribution is -2.06. The van der Waals surface area contributed by atoms with E-state index in [0.717, 1.165) is 0 Å².